The Bertz CT molecular complexity index is 1350. The predicted molar refractivity (Wildman–Crippen MR) is 122 cm³/mol. The molecule has 34 heavy (non-hydrogen) atoms. The van der Waals surface area contributed by atoms with Crippen molar-refractivity contribution in [2.45, 2.75) is 37.3 Å². The first-order chi connectivity index (χ1) is 15.6. The highest BCUT2D eigenvalue weighted by molar-refractivity contribution is 7.89. The minimum Gasteiger partial charge on any atom is -0.438 e. The van der Waals surface area contributed by atoms with Crippen LogP contribution in [0, 0.1) is 0 Å². The number of benzene rings is 1. The SMILES string of the molecule is CC(C)(C)c1ccc(C(=O)Nc2cncc(S(N)(=O)=O)c2)c(Oc2cccc(C(F)(F)F)n2)c1.[HH].[HH]. The molecule has 3 N–H and O–H groups in total. The summed E-state index contributed by atoms with van der Waals surface area (Å²) in [5.41, 5.74) is -0.729. The van der Waals surface area contributed by atoms with Gasteiger partial charge >= 0.3 is 6.18 Å². The van der Waals surface area contributed by atoms with E-state index in [0.29, 0.717) is 0 Å². The number of rotatable bonds is 5. The molecule has 0 unspecified atom stereocenters. The number of alkyl halides is 3. The van der Waals surface area contributed by atoms with Crippen molar-refractivity contribution in [2.24, 2.45) is 5.14 Å². The number of nitrogens with two attached hydrogens (primary N) is 1. The van der Waals surface area contributed by atoms with Gasteiger partial charge in [-0.3, -0.25) is 9.78 Å². The molecule has 2 aromatic heterocycles. The monoisotopic (exact) mass is 498 g/mol. The maximum Gasteiger partial charge on any atom is 0.433 e. The molecule has 0 bridgehead atoms. The van der Waals surface area contributed by atoms with Crippen LogP contribution in [0.2, 0.25) is 0 Å². The maximum atomic E-state index is 13.1. The first kappa shape index (κ1) is 25.1. The van der Waals surface area contributed by atoms with Crippen molar-refractivity contribution in [3.63, 3.8) is 0 Å². The minimum absolute atomic E-state index is 0. The van der Waals surface area contributed by atoms with E-state index < -0.39 is 27.8 Å². The molecule has 3 aromatic rings. The van der Waals surface area contributed by atoms with E-state index in [9.17, 15) is 26.4 Å². The van der Waals surface area contributed by atoms with Gasteiger partial charge in [0.2, 0.25) is 15.9 Å². The average Bonchev–Trinajstić information content (AvgIpc) is 2.72. The highest BCUT2D eigenvalue weighted by atomic mass is 32.2. The number of nitrogens with zero attached hydrogens (tertiary/aromatic N) is 2. The van der Waals surface area contributed by atoms with Gasteiger partial charge in [-0.1, -0.05) is 32.9 Å². The summed E-state index contributed by atoms with van der Waals surface area (Å²) in [4.78, 5) is 19.9. The van der Waals surface area contributed by atoms with Crippen LogP contribution in [0.3, 0.4) is 0 Å². The van der Waals surface area contributed by atoms with Crippen molar-refractivity contribution in [3.8, 4) is 11.6 Å². The number of nitrogens with one attached hydrogen (secondary N) is 1. The van der Waals surface area contributed by atoms with E-state index in [1.54, 1.807) is 6.07 Å². The predicted octanol–water partition coefficient (Wildman–Crippen LogP) is 4.98. The van der Waals surface area contributed by atoms with E-state index in [1.807, 2.05) is 20.8 Å². The lowest BCUT2D eigenvalue weighted by atomic mass is 9.86. The fourth-order valence-electron chi connectivity index (χ4n) is 2.84. The van der Waals surface area contributed by atoms with Gasteiger partial charge in [-0.2, -0.15) is 13.2 Å². The molecule has 1 amide bonds. The Morgan fingerprint density at radius 2 is 1.79 bits per heavy atom. The number of hydrogen-bond donors (Lipinski definition) is 2. The first-order valence-corrected chi connectivity index (χ1v) is 11.3. The number of amides is 1. The Labute approximate surface area is 197 Å². The van der Waals surface area contributed by atoms with Gasteiger partial charge in [0.15, 0.2) is 0 Å². The number of sulfonamides is 1. The van der Waals surface area contributed by atoms with E-state index >= 15 is 0 Å². The quantitative estimate of drug-likeness (QED) is 0.511. The van der Waals surface area contributed by atoms with E-state index in [-0.39, 0.29) is 36.0 Å². The van der Waals surface area contributed by atoms with Gasteiger partial charge in [0, 0.05) is 15.1 Å². The van der Waals surface area contributed by atoms with E-state index in [4.69, 9.17) is 9.88 Å². The number of hydrogen-bond acceptors (Lipinski definition) is 6. The molecule has 0 saturated heterocycles. The molecule has 0 fully saturated rings. The molecule has 0 spiro atoms. The topological polar surface area (TPSA) is 124 Å². The number of carbonyl (C=O) groups excluding carboxylic acids is 1. The third kappa shape index (κ3) is 6.08. The van der Waals surface area contributed by atoms with Crippen LogP contribution in [0.5, 0.6) is 11.6 Å². The molecule has 0 aliphatic rings. The number of ether oxygens (including phenoxy) is 1. The molecule has 0 aliphatic carbocycles. The average molecular weight is 499 g/mol. The van der Waals surface area contributed by atoms with Gasteiger partial charge in [0.05, 0.1) is 17.4 Å². The van der Waals surface area contributed by atoms with Crippen molar-refractivity contribution in [1.29, 1.82) is 0 Å². The standard InChI is InChI=1S/C22H21F3N4O4S.2H2/c1-21(2,3)13-7-8-16(20(30)28-14-10-15(12-27-11-14)34(26,31)32)17(9-13)33-19-6-4-5-18(29-19)22(23,24)25;;/h4-12H,1-3H3,(H,28,30)(H2,26,31,32);2*1H. The fourth-order valence-corrected chi connectivity index (χ4v) is 3.34. The normalized spacial score (nSPS) is 12.3. The third-order valence-corrected chi connectivity index (χ3v) is 5.50. The zero-order valence-corrected chi connectivity index (χ0v) is 19.2. The lowest BCUT2D eigenvalue weighted by Crippen LogP contribution is -2.17. The van der Waals surface area contributed by atoms with Crippen LogP contribution in [-0.2, 0) is 21.6 Å². The number of primary sulfonamides is 1. The van der Waals surface area contributed by atoms with Crippen LogP contribution in [0.15, 0.2) is 59.8 Å². The molecule has 1 aromatic carbocycles. The van der Waals surface area contributed by atoms with Crippen molar-refractivity contribution in [2.75, 3.05) is 5.32 Å². The second-order valence-electron chi connectivity index (χ2n) is 8.33. The molecule has 184 valence electrons. The highest BCUT2D eigenvalue weighted by Crippen LogP contribution is 2.33. The lowest BCUT2D eigenvalue weighted by Gasteiger charge is -2.21. The molecule has 0 radical (unpaired) electrons. The number of halogens is 3. The van der Waals surface area contributed by atoms with Crippen LogP contribution in [-0.4, -0.2) is 24.3 Å². The van der Waals surface area contributed by atoms with Gasteiger partial charge < -0.3 is 10.1 Å². The summed E-state index contributed by atoms with van der Waals surface area (Å²) in [6.45, 7) is 5.75. The summed E-state index contributed by atoms with van der Waals surface area (Å²) in [6.07, 6.45) is -2.43. The summed E-state index contributed by atoms with van der Waals surface area (Å²) in [5, 5.41) is 7.58. The van der Waals surface area contributed by atoms with Gasteiger partial charge in [-0.05, 0) is 35.2 Å². The second-order valence-corrected chi connectivity index (χ2v) is 9.89. The fraction of sp³-hybridized carbons (Fsp3) is 0.227. The summed E-state index contributed by atoms with van der Waals surface area (Å²) in [6, 6.07) is 8.98. The zero-order chi connectivity index (χ0) is 25.3. The van der Waals surface area contributed by atoms with E-state index in [1.165, 1.54) is 24.4 Å². The second kappa shape index (κ2) is 9.03. The van der Waals surface area contributed by atoms with E-state index in [2.05, 4.69) is 15.3 Å². The molecule has 0 atom stereocenters. The Morgan fingerprint density at radius 3 is 2.41 bits per heavy atom. The Balaban J connectivity index is 0.00000324. The van der Waals surface area contributed by atoms with Gasteiger partial charge in [0.25, 0.3) is 5.91 Å². The van der Waals surface area contributed by atoms with Crippen molar-refractivity contribution in [1.82, 2.24) is 9.97 Å². The molecule has 2 heterocycles. The molecular formula is C22H25F3N4O4S. The molecule has 0 saturated carbocycles. The molecule has 8 nitrogen and oxygen atoms in total. The lowest BCUT2D eigenvalue weighted by molar-refractivity contribution is -0.141. The summed E-state index contributed by atoms with van der Waals surface area (Å²) in [5.74, 6) is -1.10. The minimum atomic E-state index is -4.67. The van der Waals surface area contributed by atoms with Crippen molar-refractivity contribution < 1.29 is 34.0 Å². The van der Waals surface area contributed by atoms with Gasteiger partial charge in [0.1, 0.15) is 16.3 Å². The van der Waals surface area contributed by atoms with Crippen LogP contribution < -0.4 is 15.2 Å². The van der Waals surface area contributed by atoms with Crippen molar-refractivity contribution in [3.05, 3.63) is 71.7 Å². The first-order valence-electron chi connectivity index (χ1n) is 9.80. The Morgan fingerprint density at radius 1 is 1.09 bits per heavy atom. The number of anilines is 1. The summed E-state index contributed by atoms with van der Waals surface area (Å²) in [7, 11) is -4.05. The van der Waals surface area contributed by atoms with Crippen LogP contribution in [0.4, 0.5) is 18.9 Å². The molecule has 12 heteroatoms. The third-order valence-electron chi connectivity index (χ3n) is 4.62. The van der Waals surface area contributed by atoms with Gasteiger partial charge in [-0.15, -0.1) is 0 Å². The molecule has 0 aliphatic heterocycles. The van der Waals surface area contributed by atoms with Crippen LogP contribution in [0.1, 0.15) is 45.2 Å². The van der Waals surface area contributed by atoms with Gasteiger partial charge in [-0.25, -0.2) is 18.5 Å². The maximum absolute atomic E-state index is 13.1. The molecule has 3 rings (SSSR count). The number of carbonyl (C=O) groups is 1. The zero-order valence-electron chi connectivity index (χ0n) is 18.3. The van der Waals surface area contributed by atoms with Crippen LogP contribution >= 0.6 is 0 Å². The smallest absolute Gasteiger partial charge is 0.433 e. The van der Waals surface area contributed by atoms with Crippen molar-refractivity contribution >= 4 is 21.6 Å². The van der Waals surface area contributed by atoms with Crippen LogP contribution in [0.25, 0.3) is 0 Å². The number of pyridine rings is 2. The Hall–Kier alpha value is -3.51. The summed E-state index contributed by atoms with van der Waals surface area (Å²) >= 11 is 0. The summed E-state index contributed by atoms with van der Waals surface area (Å²) < 4.78 is 67.9. The largest absolute Gasteiger partial charge is 0.438 e. The highest BCUT2D eigenvalue weighted by Gasteiger charge is 2.33. The Kier molecular flexibility index (Phi) is 6.67. The number of aromatic nitrogens is 2. The molecular weight excluding hydrogens is 473 g/mol. The van der Waals surface area contributed by atoms with E-state index in [0.717, 1.165) is 30.0 Å².